The number of aryl methyl sites for hydroxylation is 3. The Morgan fingerprint density at radius 2 is 1.65 bits per heavy atom. The Labute approximate surface area is 154 Å². The van der Waals surface area contributed by atoms with E-state index in [1.807, 2.05) is 32.0 Å². The van der Waals surface area contributed by atoms with Crippen molar-refractivity contribution in [3.8, 4) is 5.75 Å². The van der Waals surface area contributed by atoms with Crippen LogP contribution in [0.25, 0.3) is 0 Å². The predicted octanol–water partition coefficient (Wildman–Crippen LogP) is 2.64. The van der Waals surface area contributed by atoms with E-state index < -0.39 is 15.9 Å². The van der Waals surface area contributed by atoms with Crippen LogP contribution in [0.5, 0.6) is 5.75 Å². The Balaban J connectivity index is 1.89. The van der Waals surface area contributed by atoms with Crippen molar-refractivity contribution in [2.24, 2.45) is 0 Å². The summed E-state index contributed by atoms with van der Waals surface area (Å²) in [7, 11) is -3.82. The summed E-state index contributed by atoms with van der Waals surface area (Å²) in [5, 5.41) is 0. The van der Waals surface area contributed by atoms with Crippen molar-refractivity contribution < 1.29 is 17.9 Å². The van der Waals surface area contributed by atoms with Crippen LogP contribution in [0.1, 0.15) is 30.0 Å². The zero-order valence-electron chi connectivity index (χ0n) is 15.2. The SMILES string of the molecule is CCCc1ccc(S(=O)(=O)NNC(=O)COc2cc(C)cc(C)c2)cc1. The van der Waals surface area contributed by atoms with E-state index in [4.69, 9.17) is 4.74 Å². The highest BCUT2D eigenvalue weighted by molar-refractivity contribution is 7.89. The first-order valence-electron chi connectivity index (χ1n) is 8.41. The van der Waals surface area contributed by atoms with Crippen LogP contribution < -0.4 is 15.0 Å². The first-order valence-corrected chi connectivity index (χ1v) is 9.89. The van der Waals surface area contributed by atoms with Gasteiger partial charge in [0, 0.05) is 0 Å². The van der Waals surface area contributed by atoms with Crippen molar-refractivity contribution >= 4 is 15.9 Å². The van der Waals surface area contributed by atoms with Crippen LogP contribution in [0, 0.1) is 13.8 Å². The van der Waals surface area contributed by atoms with E-state index in [1.54, 1.807) is 12.1 Å². The fourth-order valence-electron chi connectivity index (χ4n) is 2.51. The van der Waals surface area contributed by atoms with Gasteiger partial charge in [-0.05, 0) is 61.2 Å². The second-order valence-electron chi connectivity index (χ2n) is 6.16. The number of nitrogens with one attached hydrogen (secondary N) is 2. The van der Waals surface area contributed by atoms with Crippen molar-refractivity contribution in [1.82, 2.24) is 10.3 Å². The molecule has 0 aliphatic rings. The molecule has 7 heteroatoms. The van der Waals surface area contributed by atoms with Crippen LogP contribution >= 0.6 is 0 Å². The third kappa shape index (κ3) is 5.86. The van der Waals surface area contributed by atoms with Gasteiger partial charge >= 0.3 is 0 Å². The van der Waals surface area contributed by atoms with Gasteiger partial charge in [-0.3, -0.25) is 10.2 Å². The minimum Gasteiger partial charge on any atom is -0.484 e. The molecule has 2 N–H and O–H groups in total. The Bertz CT molecular complexity index is 841. The summed E-state index contributed by atoms with van der Waals surface area (Å²) in [6, 6.07) is 12.2. The highest BCUT2D eigenvalue weighted by Gasteiger charge is 2.15. The third-order valence-corrected chi connectivity index (χ3v) is 4.93. The maximum absolute atomic E-state index is 12.2. The number of benzene rings is 2. The summed E-state index contributed by atoms with van der Waals surface area (Å²) >= 11 is 0. The molecule has 26 heavy (non-hydrogen) atoms. The zero-order chi connectivity index (χ0) is 19.2. The zero-order valence-corrected chi connectivity index (χ0v) is 16.0. The molecule has 2 rings (SSSR count). The van der Waals surface area contributed by atoms with Gasteiger partial charge in [-0.1, -0.05) is 31.5 Å². The van der Waals surface area contributed by atoms with Gasteiger partial charge in [-0.2, -0.15) is 0 Å². The standard InChI is InChI=1S/C19H24N2O4S/c1-4-5-16-6-8-18(9-7-16)26(23,24)21-20-19(22)13-25-17-11-14(2)10-15(3)12-17/h6-12,21H,4-5,13H2,1-3H3,(H,20,22). The van der Waals surface area contributed by atoms with Crippen LogP contribution in [0.3, 0.4) is 0 Å². The quantitative estimate of drug-likeness (QED) is 0.694. The highest BCUT2D eigenvalue weighted by atomic mass is 32.2. The first kappa shape index (κ1) is 19.9. The second kappa shape index (κ2) is 8.82. The van der Waals surface area contributed by atoms with Gasteiger partial charge in [-0.25, -0.2) is 8.42 Å². The molecule has 2 aromatic rings. The molecule has 0 saturated carbocycles. The molecule has 0 aliphatic heterocycles. The van der Waals surface area contributed by atoms with Gasteiger partial charge in [0.25, 0.3) is 15.9 Å². The monoisotopic (exact) mass is 376 g/mol. The average molecular weight is 376 g/mol. The van der Waals surface area contributed by atoms with Crippen molar-refractivity contribution in [3.63, 3.8) is 0 Å². The summed E-state index contributed by atoms with van der Waals surface area (Å²) in [5.74, 6) is -0.0256. The topological polar surface area (TPSA) is 84.5 Å². The molecule has 0 unspecified atom stereocenters. The fourth-order valence-corrected chi connectivity index (χ4v) is 3.37. The van der Waals surface area contributed by atoms with Gasteiger partial charge in [0.05, 0.1) is 4.90 Å². The molecule has 0 heterocycles. The largest absolute Gasteiger partial charge is 0.484 e. The number of ether oxygens (including phenoxy) is 1. The fraction of sp³-hybridized carbons (Fsp3) is 0.316. The lowest BCUT2D eigenvalue weighted by atomic mass is 10.1. The highest BCUT2D eigenvalue weighted by Crippen LogP contribution is 2.16. The molecule has 0 radical (unpaired) electrons. The molecule has 0 bridgehead atoms. The number of hydrogen-bond donors (Lipinski definition) is 2. The van der Waals surface area contributed by atoms with Crippen molar-refractivity contribution in [1.29, 1.82) is 0 Å². The molecule has 2 aromatic carbocycles. The van der Waals surface area contributed by atoms with E-state index in [-0.39, 0.29) is 11.5 Å². The molecule has 0 aliphatic carbocycles. The number of rotatable bonds is 8. The van der Waals surface area contributed by atoms with Crippen LogP contribution in [-0.4, -0.2) is 20.9 Å². The minimum atomic E-state index is -3.82. The molecular formula is C19H24N2O4S. The maximum atomic E-state index is 12.2. The number of sulfonamides is 1. The summed E-state index contributed by atoms with van der Waals surface area (Å²) in [4.78, 5) is 14.0. The van der Waals surface area contributed by atoms with Crippen LogP contribution in [0.4, 0.5) is 0 Å². The lowest BCUT2D eigenvalue weighted by molar-refractivity contribution is -0.123. The van der Waals surface area contributed by atoms with Crippen molar-refractivity contribution in [2.45, 2.75) is 38.5 Å². The van der Waals surface area contributed by atoms with E-state index >= 15 is 0 Å². The van der Waals surface area contributed by atoms with Gasteiger partial charge in [0.1, 0.15) is 5.75 Å². The third-order valence-electron chi connectivity index (χ3n) is 3.66. The Morgan fingerprint density at radius 3 is 2.23 bits per heavy atom. The van der Waals surface area contributed by atoms with E-state index in [9.17, 15) is 13.2 Å². The Morgan fingerprint density at radius 1 is 1.04 bits per heavy atom. The predicted molar refractivity (Wildman–Crippen MR) is 100 cm³/mol. The van der Waals surface area contributed by atoms with E-state index in [2.05, 4.69) is 17.2 Å². The maximum Gasteiger partial charge on any atom is 0.272 e. The normalized spacial score (nSPS) is 11.2. The molecule has 0 aromatic heterocycles. The van der Waals surface area contributed by atoms with Crippen molar-refractivity contribution in [3.05, 3.63) is 59.2 Å². The molecule has 1 amide bonds. The summed E-state index contributed by atoms with van der Waals surface area (Å²) in [6.07, 6.45) is 1.88. The van der Waals surface area contributed by atoms with Crippen molar-refractivity contribution in [2.75, 3.05) is 6.61 Å². The van der Waals surface area contributed by atoms with Gasteiger partial charge in [0.2, 0.25) is 0 Å². The number of hydrogen-bond acceptors (Lipinski definition) is 4. The minimum absolute atomic E-state index is 0.0906. The molecular weight excluding hydrogens is 352 g/mol. The van der Waals surface area contributed by atoms with Gasteiger partial charge in [-0.15, -0.1) is 4.83 Å². The first-order chi connectivity index (χ1) is 12.3. The second-order valence-corrected chi connectivity index (χ2v) is 7.84. The molecule has 0 saturated heterocycles. The number of carbonyl (C=O) groups is 1. The van der Waals surface area contributed by atoms with E-state index in [1.165, 1.54) is 12.1 Å². The number of amides is 1. The lowest BCUT2D eigenvalue weighted by Gasteiger charge is -2.11. The van der Waals surface area contributed by atoms with Gasteiger partial charge < -0.3 is 4.74 Å². The molecule has 140 valence electrons. The average Bonchev–Trinajstić information content (AvgIpc) is 2.58. The smallest absolute Gasteiger partial charge is 0.272 e. The molecule has 0 atom stereocenters. The number of hydrazine groups is 1. The summed E-state index contributed by atoms with van der Waals surface area (Å²) < 4.78 is 29.8. The van der Waals surface area contributed by atoms with E-state index in [0.717, 1.165) is 29.5 Å². The van der Waals surface area contributed by atoms with Crippen LogP contribution in [0.2, 0.25) is 0 Å². The van der Waals surface area contributed by atoms with Crippen LogP contribution in [-0.2, 0) is 21.2 Å². The lowest BCUT2D eigenvalue weighted by Crippen LogP contribution is -2.43. The van der Waals surface area contributed by atoms with Crippen LogP contribution in [0.15, 0.2) is 47.4 Å². The molecule has 0 fully saturated rings. The Hall–Kier alpha value is -2.38. The molecule has 0 spiro atoms. The van der Waals surface area contributed by atoms with Gasteiger partial charge in [0.15, 0.2) is 6.61 Å². The Kier molecular flexibility index (Phi) is 6.76. The summed E-state index contributed by atoms with van der Waals surface area (Å²) in [6.45, 7) is 5.63. The number of carbonyl (C=O) groups excluding carboxylic acids is 1. The molecule has 6 nitrogen and oxygen atoms in total. The summed E-state index contributed by atoms with van der Waals surface area (Å²) in [5.41, 5.74) is 5.27. The van der Waals surface area contributed by atoms with E-state index in [0.29, 0.717) is 5.75 Å².